The molecule has 1 fully saturated rings. The van der Waals surface area contributed by atoms with E-state index in [1.54, 1.807) is 9.80 Å². The Bertz CT molecular complexity index is 935. The molecule has 0 saturated carbocycles. The molecular weight excluding hydrogens is 394 g/mol. The van der Waals surface area contributed by atoms with Crippen molar-refractivity contribution in [1.29, 1.82) is 0 Å². The predicted molar refractivity (Wildman–Crippen MR) is 110 cm³/mol. The van der Waals surface area contributed by atoms with E-state index in [1.807, 2.05) is 24.3 Å². The van der Waals surface area contributed by atoms with Gasteiger partial charge >= 0.3 is 0 Å². The minimum atomic E-state index is -0.611. The highest BCUT2D eigenvalue weighted by Crippen LogP contribution is 2.26. The van der Waals surface area contributed by atoms with E-state index in [0.717, 1.165) is 0 Å². The summed E-state index contributed by atoms with van der Waals surface area (Å²) >= 11 is 5.81. The summed E-state index contributed by atoms with van der Waals surface area (Å²) < 4.78 is 0. The van der Waals surface area contributed by atoms with Crippen LogP contribution in [-0.4, -0.2) is 52.7 Å². The zero-order chi connectivity index (χ0) is 21.1. The number of carbonyl (C=O) groups is 2. The van der Waals surface area contributed by atoms with Gasteiger partial charge in [-0.25, -0.2) is 0 Å². The van der Waals surface area contributed by atoms with Gasteiger partial charge in [0.1, 0.15) is 5.02 Å². The number of nitro groups is 1. The van der Waals surface area contributed by atoms with E-state index in [9.17, 15) is 19.7 Å². The summed E-state index contributed by atoms with van der Waals surface area (Å²) in [6.45, 7) is 5.75. The van der Waals surface area contributed by atoms with Crippen molar-refractivity contribution in [3.05, 3.63) is 74.3 Å². The quantitative estimate of drug-likeness (QED) is 0.558. The lowest BCUT2D eigenvalue weighted by Crippen LogP contribution is -2.50. The van der Waals surface area contributed by atoms with Gasteiger partial charge in [0.25, 0.3) is 17.5 Å². The number of rotatable bonds is 4. The Balaban J connectivity index is 1.64. The molecule has 2 aromatic rings. The average molecular weight is 416 g/mol. The van der Waals surface area contributed by atoms with E-state index in [-0.39, 0.29) is 28.1 Å². The molecule has 1 saturated heterocycles. The largest absolute Gasteiger partial charge is 0.335 e. The Morgan fingerprint density at radius 1 is 0.931 bits per heavy atom. The summed E-state index contributed by atoms with van der Waals surface area (Å²) in [5.41, 5.74) is 1.72. The number of halogens is 1. The number of carbonyl (C=O) groups excluding carboxylic acids is 2. The summed E-state index contributed by atoms with van der Waals surface area (Å²) in [4.78, 5) is 39.1. The fourth-order valence-corrected chi connectivity index (χ4v) is 3.46. The topological polar surface area (TPSA) is 83.8 Å². The van der Waals surface area contributed by atoms with Gasteiger partial charge in [-0.2, -0.15) is 0 Å². The third-order valence-electron chi connectivity index (χ3n) is 5.07. The number of amides is 2. The van der Waals surface area contributed by atoms with E-state index in [1.165, 1.54) is 23.8 Å². The summed E-state index contributed by atoms with van der Waals surface area (Å²) in [6.07, 6.45) is 0. The monoisotopic (exact) mass is 415 g/mol. The average Bonchev–Trinajstić information content (AvgIpc) is 2.73. The van der Waals surface area contributed by atoms with Crippen LogP contribution in [0.3, 0.4) is 0 Å². The van der Waals surface area contributed by atoms with Crippen LogP contribution in [-0.2, 0) is 0 Å². The molecule has 0 aromatic heterocycles. The standard InChI is InChI=1S/C21H22ClN3O4/c1-14(2)15-3-5-16(6-4-15)20(26)23-9-11-24(12-10-23)21(27)17-7-8-18(22)19(13-17)25(28)29/h3-8,13-14H,9-12H2,1-2H3. The fraction of sp³-hybridized carbons (Fsp3) is 0.333. The minimum absolute atomic E-state index is 0.00884. The zero-order valence-electron chi connectivity index (χ0n) is 16.3. The molecule has 152 valence electrons. The van der Waals surface area contributed by atoms with Crippen molar-refractivity contribution in [3.8, 4) is 0 Å². The van der Waals surface area contributed by atoms with Crippen LogP contribution in [0.25, 0.3) is 0 Å². The molecule has 2 amide bonds. The SMILES string of the molecule is CC(C)c1ccc(C(=O)N2CCN(C(=O)c3ccc(Cl)c([N+](=O)[O-])c3)CC2)cc1. The first-order valence-corrected chi connectivity index (χ1v) is 9.78. The molecule has 29 heavy (non-hydrogen) atoms. The van der Waals surface area contributed by atoms with Crippen molar-refractivity contribution in [2.24, 2.45) is 0 Å². The van der Waals surface area contributed by atoms with Gasteiger partial charge in [-0.3, -0.25) is 19.7 Å². The Labute approximate surface area is 174 Å². The maximum atomic E-state index is 12.7. The van der Waals surface area contributed by atoms with E-state index < -0.39 is 4.92 Å². The maximum absolute atomic E-state index is 12.7. The summed E-state index contributed by atoms with van der Waals surface area (Å²) in [5, 5.41) is 11.0. The molecule has 0 aliphatic carbocycles. The first-order valence-electron chi connectivity index (χ1n) is 9.40. The van der Waals surface area contributed by atoms with Gasteiger partial charge < -0.3 is 9.80 Å². The van der Waals surface area contributed by atoms with Crippen LogP contribution >= 0.6 is 11.6 Å². The van der Waals surface area contributed by atoms with Crippen LogP contribution in [0.4, 0.5) is 5.69 Å². The van der Waals surface area contributed by atoms with E-state index in [2.05, 4.69) is 13.8 Å². The second-order valence-electron chi connectivity index (χ2n) is 7.28. The summed E-state index contributed by atoms with van der Waals surface area (Å²) in [5.74, 6) is 0.0325. The van der Waals surface area contributed by atoms with E-state index in [0.29, 0.717) is 37.7 Å². The molecular formula is C21H22ClN3O4. The number of nitrogens with zero attached hydrogens (tertiary/aromatic N) is 3. The fourth-order valence-electron chi connectivity index (χ4n) is 3.27. The lowest BCUT2D eigenvalue weighted by atomic mass is 10.0. The van der Waals surface area contributed by atoms with Crippen LogP contribution in [0.5, 0.6) is 0 Å². The molecule has 1 heterocycles. The molecule has 0 radical (unpaired) electrons. The van der Waals surface area contributed by atoms with Crippen LogP contribution in [0, 0.1) is 10.1 Å². The smallest absolute Gasteiger partial charge is 0.288 e. The molecule has 0 bridgehead atoms. The van der Waals surface area contributed by atoms with Gasteiger partial charge in [-0.15, -0.1) is 0 Å². The second kappa shape index (κ2) is 8.61. The van der Waals surface area contributed by atoms with Gasteiger partial charge in [-0.05, 0) is 35.7 Å². The lowest BCUT2D eigenvalue weighted by molar-refractivity contribution is -0.384. The molecule has 0 N–H and O–H groups in total. The molecule has 0 unspecified atom stereocenters. The van der Waals surface area contributed by atoms with Gasteiger partial charge in [0.2, 0.25) is 0 Å². The van der Waals surface area contributed by atoms with Crippen molar-refractivity contribution >= 4 is 29.1 Å². The van der Waals surface area contributed by atoms with Crippen molar-refractivity contribution in [2.75, 3.05) is 26.2 Å². The van der Waals surface area contributed by atoms with E-state index in [4.69, 9.17) is 11.6 Å². The summed E-state index contributed by atoms with van der Waals surface area (Å²) in [6, 6.07) is 11.6. The Morgan fingerprint density at radius 2 is 1.41 bits per heavy atom. The highest BCUT2D eigenvalue weighted by atomic mass is 35.5. The number of hydrogen-bond donors (Lipinski definition) is 0. The Kier molecular flexibility index (Phi) is 6.17. The third-order valence-corrected chi connectivity index (χ3v) is 5.39. The van der Waals surface area contributed by atoms with Gasteiger partial charge in [0.15, 0.2) is 0 Å². The molecule has 1 aliphatic rings. The predicted octanol–water partition coefficient (Wildman–Crippen LogP) is 3.97. The van der Waals surface area contributed by atoms with Crippen molar-refractivity contribution < 1.29 is 14.5 Å². The second-order valence-corrected chi connectivity index (χ2v) is 7.69. The van der Waals surface area contributed by atoms with Crippen LogP contribution in [0.1, 0.15) is 46.0 Å². The summed E-state index contributed by atoms with van der Waals surface area (Å²) in [7, 11) is 0. The highest BCUT2D eigenvalue weighted by molar-refractivity contribution is 6.32. The molecule has 3 rings (SSSR count). The van der Waals surface area contributed by atoms with Crippen molar-refractivity contribution in [1.82, 2.24) is 9.80 Å². The first kappa shape index (κ1) is 20.8. The van der Waals surface area contributed by atoms with Gasteiger partial charge in [0, 0.05) is 43.4 Å². The molecule has 8 heteroatoms. The number of benzene rings is 2. The molecule has 0 spiro atoms. The van der Waals surface area contributed by atoms with Crippen LogP contribution in [0.2, 0.25) is 5.02 Å². The number of hydrogen-bond acceptors (Lipinski definition) is 4. The molecule has 7 nitrogen and oxygen atoms in total. The zero-order valence-corrected chi connectivity index (χ0v) is 17.1. The normalized spacial score (nSPS) is 14.2. The van der Waals surface area contributed by atoms with Crippen LogP contribution < -0.4 is 0 Å². The number of piperazine rings is 1. The van der Waals surface area contributed by atoms with Gasteiger partial charge in [-0.1, -0.05) is 37.6 Å². The number of nitro benzene ring substituents is 1. The molecule has 0 atom stereocenters. The van der Waals surface area contributed by atoms with E-state index >= 15 is 0 Å². The minimum Gasteiger partial charge on any atom is -0.335 e. The maximum Gasteiger partial charge on any atom is 0.288 e. The van der Waals surface area contributed by atoms with Gasteiger partial charge in [0.05, 0.1) is 4.92 Å². The van der Waals surface area contributed by atoms with Crippen molar-refractivity contribution in [3.63, 3.8) is 0 Å². The third kappa shape index (κ3) is 4.56. The van der Waals surface area contributed by atoms with Crippen molar-refractivity contribution in [2.45, 2.75) is 19.8 Å². The first-order chi connectivity index (χ1) is 13.8. The lowest BCUT2D eigenvalue weighted by Gasteiger charge is -2.35. The molecule has 1 aliphatic heterocycles. The molecule has 2 aromatic carbocycles. The van der Waals surface area contributed by atoms with Crippen LogP contribution in [0.15, 0.2) is 42.5 Å². The highest BCUT2D eigenvalue weighted by Gasteiger charge is 2.27. The Morgan fingerprint density at radius 3 is 1.90 bits per heavy atom. The Hall–Kier alpha value is -2.93.